The molecule has 1 amide bonds. The van der Waals surface area contributed by atoms with Gasteiger partial charge in [0, 0.05) is 23.9 Å². The lowest BCUT2D eigenvalue weighted by Gasteiger charge is -2.49. The Bertz CT molecular complexity index is 822. The molecule has 9 nitrogen and oxygen atoms in total. The summed E-state index contributed by atoms with van der Waals surface area (Å²) in [6.45, 7) is 0. The quantitative estimate of drug-likeness (QED) is 0.486. The second kappa shape index (κ2) is 6.69. The molecular weight excluding hydrogens is 384 g/mol. The highest BCUT2D eigenvalue weighted by atomic mass is 32.2. The van der Waals surface area contributed by atoms with Crippen LogP contribution in [0.1, 0.15) is 0 Å². The summed E-state index contributed by atoms with van der Waals surface area (Å²) in [4.78, 5) is 32.6. The molecular formula is C13H12N6O3S3. The first kappa shape index (κ1) is 16.4. The van der Waals surface area contributed by atoms with Crippen molar-refractivity contribution < 1.29 is 14.7 Å². The Morgan fingerprint density at radius 1 is 1.56 bits per heavy atom. The van der Waals surface area contributed by atoms with Crippen LogP contribution in [-0.2, 0) is 9.59 Å². The Balaban J connectivity index is 1.52. The molecule has 0 bridgehead atoms. The zero-order valence-electron chi connectivity index (χ0n) is 12.6. The molecule has 12 heteroatoms. The lowest BCUT2D eigenvalue weighted by molar-refractivity contribution is -0.147. The van der Waals surface area contributed by atoms with E-state index in [0.717, 1.165) is 9.78 Å². The summed E-state index contributed by atoms with van der Waals surface area (Å²) in [5.41, 5.74) is 0.827. The largest absolute Gasteiger partial charge is 0.477 e. The van der Waals surface area contributed by atoms with Gasteiger partial charge in [-0.15, -0.1) is 28.6 Å². The highest BCUT2D eigenvalue weighted by Gasteiger charge is 2.53. The lowest BCUT2D eigenvalue weighted by Crippen LogP contribution is -2.67. The molecule has 4 heterocycles. The van der Waals surface area contributed by atoms with E-state index < -0.39 is 12.0 Å². The Labute approximate surface area is 154 Å². The normalized spacial score (nSPS) is 22.6. The Kier molecular flexibility index (Phi) is 4.39. The zero-order chi connectivity index (χ0) is 17.4. The molecule has 0 spiro atoms. The number of aromatic amines is 1. The molecule has 0 radical (unpaired) electrons. The van der Waals surface area contributed by atoms with Gasteiger partial charge in [-0.1, -0.05) is 4.49 Å². The van der Waals surface area contributed by atoms with E-state index in [2.05, 4.69) is 24.9 Å². The maximum atomic E-state index is 12.5. The van der Waals surface area contributed by atoms with E-state index in [9.17, 15) is 14.7 Å². The van der Waals surface area contributed by atoms with Gasteiger partial charge in [-0.05, 0) is 17.1 Å². The van der Waals surface area contributed by atoms with Crippen LogP contribution in [0.5, 0.6) is 0 Å². The van der Waals surface area contributed by atoms with Crippen molar-refractivity contribution in [2.45, 2.75) is 15.6 Å². The van der Waals surface area contributed by atoms with Gasteiger partial charge >= 0.3 is 5.97 Å². The average Bonchev–Trinajstić information content (AvgIpc) is 3.30. The third-order valence-electron chi connectivity index (χ3n) is 3.77. The first-order valence-corrected chi connectivity index (χ1v) is 10.0. The smallest absolute Gasteiger partial charge is 0.352 e. The van der Waals surface area contributed by atoms with Crippen LogP contribution in [0.15, 0.2) is 34.1 Å². The van der Waals surface area contributed by atoms with Gasteiger partial charge in [0.1, 0.15) is 21.3 Å². The number of nitrogens with one attached hydrogen (secondary N) is 2. The topological polar surface area (TPSA) is 124 Å². The summed E-state index contributed by atoms with van der Waals surface area (Å²) in [7, 11) is 0. The number of anilines is 1. The van der Waals surface area contributed by atoms with Crippen LogP contribution in [0.25, 0.3) is 0 Å². The molecule has 2 aliphatic rings. The lowest BCUT2D eigenvalue weighted by atomic mass is 10.0. The Morgan fingerprint density at radius 3 is 3.12 bits per heavy atom. The zero-order valence-corrected chi connectivity index (χ0v) is 15.0. The number of amides is 1. The number of hydrogen-bond acceptors (Lipinski definition) is 9. The second-order valence-electron chi connectivity index (χ2n) is 5.25. The molecule has 0 saturated carbocycles. The summed E-state index contributed by atoms with van der Waals surface area (Å²) in [5, 5.41) is 16.2. The first-order valence-electron chi connectivity index (χ1n) is 7.21. The van der Waals surface area contributed by atoms with Crippen LogP contribution < -0.4 is 5.32 Å². The van der Waals surface area contributed by atoms with Gasteiger partial charge in [-0.3, -0.25) is 9.69 Å². The van der Waals surface area contributed by atoms with Crippen LogP contribution in [0, 0.1) is 0 Å². The fourth-order valence-corrected chi connectivity index (χ4v) is 5.57. The van der Waals surface area contributed by atoms with Gasteiger partial charge in [-0.2, -0.15) is 0 Å². The maximum Gasteiger partial charge on any atom is 0.352 e. The molecule has 0 aromatic carbocycles. The van der Waals surface area contributed by atoms with Crippen LogP contribution in [0.2, 0.25) is 0 Å². The number of aliphatic carboxylic acids is 1. The van der Waals surface area contributed by atoms with Crippen LogP contribution in [-0.4, -0.2) is 64.4 Å². The molecule has 2 aromatic heterocycles. The van der Waals surface area contributed by atoms with Gasteiger partial charge in [0.05, 0.1) is 6.20 Å². The minimum Gasteiger partial charge on any atom is -0.477 e. The minimum atomic E-state index is -1.08. The monoisotopic (exact) mass is 396 g/mol. The number of imidazole rings is 1. The van der Waals surface area contributed by atoms with E-state index in [1.165, 1.54) is 28.2 Å². The number of carboxylic acid groups (broad SMARTS) is 1. The molecule has 3 N–H and O–H groups in total. The molecule has 1 fully saturated rings. The molecule has 0 aliphatic carbocycles. The highest BCUT2D eigenvalue weighted by molar-refractivity contribution is 8.01. The predicted molar refractivity (Wildman–Crippen MR) is 94.4 cm³/mol. The van der Waals surface area contributed by atoms with E-state index in [1.807, 2.05) is 0 Å². The highest BCUT2D eigenvalue weighted by Crippen LogP contribution is 2.42. The fraction of sp³-hybridized carbons (Fsp3) is 0.308. The van der Waals surface area contributed by atoms with Crippen molar-refractivity contribution in [2.24, 2.45) is 0 Å². The third kappa shape index (κ3) is 3.00. The van der Waals surface area contributed by atoms with E-state index in [4.69, 9.17) is 0 Å². The second-order valence-corrected chi connectivity index (χ2v) is 8.42. The van der Waals surface area contributed by atoms with Crippen LogP contribution in [0.3, 0.4) is 0 Å². The molecule has 4 rings (SSSR count). The Morgan fingerprint density at radius 2 is 2.44 bits per heavy atom. The van der Waals surface area contributed by atoms with Gasteiger partial charge in [-0.25, -0.2) is 9.78 Å². The van der Waals surface area contributed by atoms with Gasteiger partial charge in [0.15, 0.2) is 0 Å². The molecule has 2 aromatic rings. The van der Waals surface area contributed by atoms with Gasteiger partial charge in [0.25, 0.3) is 5.91 Å². The molecule has 2 aliphatic heterocycles. The predicted octanol–water partition coefficient (Wildman–Crippen LogP) is 1.09. The summed E-state index contributed by atoms with van der Waals surface area (Å²) in [5.74, 6) is 0.219. The van der Waals surface area contributed by atoms with Gasteiger partial charge < -0.3 is 15.4 Å². The maximum absolute atomic E-state index is 12.5. The van der Waals surface area contributed by atoms with Crippen LogP contribution >= 0.6 is 35.1 Å². The van der Waals surface area contributed by atoms with Crippen molar-refractivity contribution in [1.82, 2.24) is 24.5 Å². The number of fused-ring (bicyclic) bond motifs is 1. The number of β-lactam (4-membered cyclic amide) rings is 1. The molecule has 25 heavy (non-hydrogen) atoms. The van der Waals surface area contributed by atoms with Crippen molar-refractivity contribution in [2.75, 3.05) is 16.8 Å². The standard InChI is InChI=1S/C13H12N6O3S3/c20-10-8(17-13-14-1-2-15-13)11-19(10)9(12(21)22)6(5-24-11)4-23-7-3-16-18-25-7/h1-3,8,11H,4-5H2,(H,21,22)(H2,14,15,17)/t8?,11-/m1/s1. The number of aromatic nitrogens is 4. The number of thioether (sulfide) groups is 2. The number of rotatable bonds is 6. The number of hydrogen-bond donors (Lipinski definition) is 3. The minimum absolute atomic E-state index is 0.0937. The number of carbonyl (C=O) groups excluding carboxylic acids is 1. The van der Waals surface area contributed by atoms with Crippen molar-refractivity contribution in [1.29, 1.82) is 0 Å². The van der Waals surface area contributed by atoms with Crippen LogP contribution in [0.4, 0.5) is 5.95 Å². The fourth-order valence-electron chi connectivity index (χ4n) is 2.67. The first-order chi connectivity index (χ1) is 12.1. The molecule has 1 unspecified atom stereocenters. The summed E-state index contributed by atoms with van der Waals surface area (Å²) in [6.07, 6.45) is 4.89. The van der Waals surface area contributed by atoms with E-state index in [0.29, 0.717) is 17.5 Å². The van der Waals surface area contributed by atoms with Gasteiger partial charge in [0.2, 0.25) is 5.95 Å². The van der Waals surface area contributed by atoms with Crippen molar-refractivity contribution in [3.05, 3.63) is 29.9 Å². The summed E-state index contributed by atoms with van der Waals surface area (Å²) >= 11 is 4.29. The molecule has 130 valence electrons. The Hall–Kier alpha value is -2.05. The van der Waals surface area contributed by atoms with Crippen molar-refractivity contribution >= 4 is 52.9 Å². The summed E-state index contributed by atoms with van der Waals surface area (Å²) in [6, 6.07) is -0.481. The SMILES string of the molecule is O=C(O)C1=C(CSc2cnns2)CS[C@@H]2C(Nc3ncc[nH]3)C(=O)N12. The number of carboxylic acids is 1. The average molecular weight is 396 g/mol. The van der Waals surface area contributed by atoms with E-state index in [1.54, 1.807) is 30.4 Å². The number of carbonyl (C=O) groups is 2. The molecule has 2 atom stereocenters. The van der Waals surface area contributed by atoms with E-state index >= 15 is 0 Å². The third-order valence-corrected chi connectivity index (χ3v) is 7.03. The summed E-state index contributed by atoms with van der Waals surface area (Å²) < 4.78 is 4.70. The van der Waals surface area contributed by atoms with Crippen molar-refractivity contribution in [3.8, 4) is 0 Å². The molecule has 1 saturated heterocycles. The van der Waals surface area contributed by atoms with Crippen molar-refractivity contribution in [3.63, 3.8) is 0 Å². The number of nitrogens with zero attached hydrogens (tertiary/aromatic N) is 4. The van der Waals surface area contributed by atoms with E-state index in [-0.39, 0.29) is 17.0 Å². The number of H-pyrrole nitrogens is 1.